The lowest BCUT2D eigenvalue weighted by molar-refractivity contribution is -0.139. The zero-order valence-corrected chi connectivity index (χ0v) is 12.5. The van der Waals surface area contributed by atoms with Crippen LogP contribution in [0, 0.1) is 0 Å². The first-order chi connectivity index (χ1) is 9.04. The van der Waals surface area contributed by atoms with Crippen molar-refractivity contribution in [3.05, 3.63) is 33.8 Å². The molecule has 0 aliphatic heterocycles. The number of aliphatic carboxylic acids is 1. The molecule has 0 amide bonds. The van der Waals surface area contributed by atoms with E-state index in [-0.39, 0.29) is 0 Å². The molecule has 3 nitrogen and oxygen atoms in total. The monoisotopic (exact) mass is 303 g/mol. The van der Waals surface area contributed by atoms with Gasteiger partial charge in [-0.15, -0.1) is 0 Å². The van der Waals surface area contributed by atoms with E-state index in [9.17, 15) is 4.79 Å². The quantitative estimate of drug-likeness (QED) is 0.768. The second kappa shape index (κ2) is 8.41. The van der Waals surface area contributed by atoms with Crippen molar-refractivity contribution in [3.63, 3.8) is 0 Å². The van der Waals surface area contributed by atoms with Crippen molar-refractivity contribution < 1.29 is 9.90 Å². The molecular weight excluding hydrogens is 285 g/mol. The number of nitrogens with one attached hydrogen (secondary N) is 1. The maximum Gasteiger partial charge on any atom is 0.320 e. The summed E-state index contributed by atoms with van der Waals surface area (Å²) in [6.07, 6.45) is 3.24. The van der Waals surface area contributed by atoms with Crippen molar-refractivity contribution in [2.24, 2.45) is 0 Å². The Hall–Kier alpha value is -0.770. The lowest BCUT2D eigenvalue weighted by Crippen LogP contribution is -2.37. The van der Waals surface area contributed by atoms with Crippen molar-refractivity contribution in [1.82, 2.24) is 5.32 Å². The summed E-state index contributed by atoms with van der Waals surface area (Å²) in [5.41, 5.74) is 0.971. The fraction of sp³-hybridized carbons (Fsp3) is 0.500. The summed E-state index contributed by atoms with van der Waals surface area (Å²) in [5.74, 6) is -0.796. The second-order valence-electron chi connectivity index (χ2n) is 4.47. The molecular formula is C14H19Cl2NO2. The molecule has 0 aliphatic carbocycles. The van der Waals surface area contributed by atoms with Crippen LogP contribution in [0.25, 0.3) is 0 Å². The first-order valence-electron chi connectivity index (χ1n) is 6.44. The van der Waals surface area contributed by atoms with Crippen LogP contribution in [-0.4, -0.2) is 23.7 Å². The minimum atomic E-state index is -0.796. The normalized spacial score (nSPS) is 12.4. The highest BCUT2D eigenvalue weighted by atomic mass is 35.5. The van der Waals surface area contributed by atoms with Crippen LogP contribution >= 0.6 is 23.2 Å². The average molecular weight is 304 g/mol. The Morgan fingerprint density at radius 2 is 2.16 bits per heavy atom. The van der Waals surface area contributed by atoms with Crippen molar-refractivity contribution >= 4 is 29.2 Å². The molecule has 1 aromatic rings. The van der Waals surface area contributed by atoms with Crippen LogP contribution < -0.4 is 5.32 Å². The highest BCUT2D eigenvalue weighted by Gasteiger charge is 2.15. The van der Waals surface area contributed by atoms with Gasteiger partial charge in [0.15, 0.2) is 0 Å². The standard InChI is InChI=1S/C14H19Cl2NO2/c1-2-3-4-13(14(18)19)17-8-7-10-5-6-11(15)9-12(10)16/h5-6,9,13,17H,2-4,7-8H2,1H3,(H,18,19). The summed E-state index contributed by atoms with van der Waals surface area (Å²) in [5, 5.41) is 13.4. The number of carboxylic acid groups (broad SMARTS) is 1. The molecule has 106 valence electrons. The maximum atomic E-state index is 11.1. The maximum absolute atomic E-state index is 11.1. The van der Waals surface area contributed by atoms with E-state index in [1.807, 2.05) is 13.0 Å². The Labute approximate surface area is 123 Å². The number of hydrogen-bond acceptors (Lipinski definition) is 2. The van der Waals surface area contributed by atoms with Crippen LogP contribution in [0.4, 0.5) is 0 Å². The number of hydrogen-bond donors (Lipinski definition) is 2. The molecule has 0 saturated carbocycles. The fourth-order valence-corrected chi connectivity index (χ4v) is 2.33. The Morgan fingerprint density at radius 3 is 2.74 bits per heavy atom. The summed E-state index contributed by atoms with van der Waals surface area (Å²) < 4.78 is 0. The molecule has 0 aromatic heterocycles. The van der Waals surface area contributed by atoms with Crippen LogP contribution in [0.3, 0.4) is 0 Å². The number of rotatable bonds is 8. The fourth-order valence-electron chi connectivity index (χ4n) is 1.83. The van der Waals surface area contributed by atoms with Crippen molar-refractivity contribution in [2.75, 3.05) is 6.54 Å². The smallest absolute Gasteiger partial charge is 0.320 e. The third-order valence-electron chi connectivity index (χ3n) is 2.94. The van der Waals surface area contributed by atoms with E-state index < -0.39 is 12.0 Å². The average Bonchev–Trinajstić information content (AvgIpc) is 2.35. The van der Waals surface area contributed by atoms with Crippen LogP contribution in [0.2, 0.25) is 10.0 Å². The van der Waals surface area contributed by atoms with Gasteiger partial charge in [-0.2, -0.15) is 0 Å². The number of benzene rings is 1. The van der Waals surface area contributed by atoms with Gasteiger partial charge in [0.25, 0.3) is 0 Å². The molecule has 19 heavy (non-hydrogen) atoms. The number of carboxylic acids is 1. The van der Waals surface area contributed by atoms with Gasteiger partial charge in [0.1, 0.15) is 6.04 Å². The lowest BCUT2D eigenvalue weighted by Gasteiger charge is -2.14. The number of unbranched alkanes of at least 4 members (excludes halogenated alkanes) is 1. The first kappa shape index (κ1) is 16.3. The van der Waals surface area contributed by atoms with Crippen molar-refractivity contribution in [3.8, 4) is 0 Å². The molecule has 0 spiro atoms. The highest BCUT2D eigenvalue weighted by Crippen LogP contribution is 2.21. The number of carbonyl (C=O) groups is 1. The van der Waals surface area contributed by atoms with Crippen LogP contribution in [0.5, 0.6) is 0 Å². The molecule has 1 unspecified atom stereocenters. The van der Waals surface area contributed by atoms with Gasteiger partial charge < -0.3 is 10.4 Å². The molecule has 5 heteroatoms. The van der Waals surface area contributed by atoms with Crippen LogP contribution in [0.15, 0.2) is 18.2 Å². The molecule has 2 N–H and O–H groups in total. The van der Waals surface area contributed by atoms with Gasteiger partial charge in [0.05, 0.1) is 0 Å². The minimum absolute atomic E-state index is 0.481. The summed E-state index contributed by atoms with van der Waals surface area (Å²) in [4.78, 5) is 11.1. The molecule has 0 radical (unpaired) electrons. The summed E-state index contributed by atoms with van der Waals surface area (Å²) in [7, 11) is 0. The topological polar surface area (TPSA) is 49.3 Å². The molecule has 1 rings (SSSR count). The third-order valence-corrected chi connectivity index (χ3v) is 3.53. The Kier molecular flexibility index (Phi) is 7.21. The van der Waals surface area contributed by atoms with Gasteiger partial charge in [-0.1, -0.05) is 49.0 Å². The van der Waals surface area contributed by atoms with Gasteiger partial charge >= 0.3 is 5.97 Å². The Balaban J connectivity index is 2.45. The summed E-state index contributed by atoms with van der Waals surface area (Å²) in [6, 6.07) is 4.87. The van der Waals surface area contributed by atoms with Crippen molar-refractivity contribution in [2.45, 2.75) is 38.6 Å². The Bertz CT molecular complexity index is 424. The molecule has 0 aliphatic rings. The molecule has 0 bridgehead atoms. The molecule has 1 atom stereocenters. The van der Waals surface area contributed by atoms with Gasteiger partial charge in [-0.3, -0.25) is 4.79 Å². The van der Waals surface area contributed by atoms with E-state index >= 15 is 0 Å². The minimum Gasteiger partial charge on any atom is -0.480 e. The predicted octanol–water partition coefficient (Wildman–Crippen LogP) is 3.77. The van der Waals surface area contributed by atoms with E-state index in [0.29, 0.717) is 29.4 Å². The van der Waals surface area contributed by atoms with Gasteiger partial charge in [-0.05, 0) is 30.5 Å². The second-order valence-corrected chi connectivity index (χ2v) is 5.32. The molecule has 0 heterocycles. The van der Waals surface area contributed by atoms with Gasteiger partial charge in [0, 0.05) is 16.6 Å². The predicted molar refractivity (Wildman–Crippen MR) is 79.1 cm³/mol. The highest BCUT2D eigenvalue weighted by molar-refractivity contribution is 6.35. The number of halogens is 2. The molecule has 0 fully saturated rings. The van der Waals surface area contributed by atoms with E-state index in [1.165, 1.54) is 0 Å². The Morgan fingerprint density at radius 1 is 1.42 bits per heavy atom. The zero-order valence-electron chi connectivity index (χ0n) is 11.0. The summed E-state index contributed by atoms with van der Waals surface area (Å²) in [6.45, 7) is 2.63. The lowest BCUT2D eigenvalue weighted by atomic mass is 10.1. The van der Waals surface area contributed by atoms with Gasteiger partial charge in [-0.25, -0.2) is 0 Å². The largest absolute Gasteiger partial charge is 0.480 e. The molecule has 1 aromatic carbocycles. The molecule has 0 saturated heterocycles. The zero-order chi connectivity index (χ0) is 14.3. The van der Waals surface area contributed by atoms with E-state index in [0.717, 1.165) is 18.4 Å². The first-order valence-corrected chi connectivity index (χ1v) is 7.20. The van der Waals surface area contributed by atoms with E-state index in [2.05, 4.69) is 5.32 Å². The SMILES string of the molecule is CCCCC(NCCc1ccc(Cl)cc1Cl)C(=O)O. The third kappa shape index (κ3) is 5.81. The summed E-state index contributed by atoms with van der Waals surface area (Å²) >= 11 is 11.9. The van der Waals surface area contributed by atoms with Crippen LogP contribution in [-0.2, 0) is 11.2 Å². The van der Waals surface area contributed by atoms with Gasteiger partial charge in [0.2, 0.25) is 0 Å². The van der Waals surface area contributed by atoms with E-state index in [1.54, 1.807) is 12.1 Å². The van der Waals surface area contributed by atoms with Crippen molar-refractivity contribution in [1.29, 1.82) is 0 Å². The van der Waals surface area contributed by atoms with E-state index in [4.69, 9.17) is 28.3 Å². The van der Waals surface area contributed by atoms with Crippen LogP contribution in [0.1, 0.15) is 31.7 Å².